The summed E-state index contributed by atoms with van der Waals surface area (Å²) in [5.74, 6) is -0.186. The predicted molar refractivity (Wildman–Crippen MR) is 126 cm³/mol. The van der Waals surface area contributed by atoms with Crippen LogP contribution in [-0.2, 0) is 20.8 Å². The van der Waals surface area contributed by atoms with Gasteiger partial charge in [-0.3, -0.25) is 19.4 Å². The number of nitrogens with one attached hydrogen (secondary N) is 2. The van der Waals surface area contributed by atoms with E-state index in [-0.39, 0.29) is 23.8 Å². The van der Waals surface area contributed by atoms with E-state index in [9.17, 15) is 14.4 Å². The van der Waals surface area contributed by atoms with Crippen LogP contribution in [0.4, 0.5) is 0 Å². The van der Waals surface area contributed by atoms with Gasteiger partial charge in [0, 0.05) is 43.5 Å². The molecule has 2 fully saturated rings. The Kier molecular flexibility index (Phi) is 6.77. The van der Waals surface area contributed by atoms with E-state index in [0.717, 1.165) is 23.1 Å². The molecule has 0 bridgehead atoms. The van der Waals surface area contributed by atoms with Crippen molar-refractivity contribution in [1.29, 1.82) is 0 Å². The van der Waals surface area contributed by atoms with Gasteiger partial charge >= 0.3 is 0 Å². The molecular weight excluding hydrogens is 416 g/mol. The van der Waals surface area contributed by atoms with Crippen molar-refractivity contribution in [3.63, 3.8) is 0 Å². The third kappa shape index (κ3) is 5.07. The van der Waals surface area contributed by atoms with Crippen molar-refractivity contribution >= 4 is 17.7 Å². The summed E-state index contributed by atoms with van der Waals surface area (Å²) >= 11 is 0. The van der Waals surface area contributed by atoms with Crippen LogP contribution in [0.15, 0.2) is 48.8 Å². The maximum absolute atomic E-state index is 13.6. The van der Waals surface area contributed by atoms with Crippen LogP contribution >= 0.6 is 0 Å². The average molecular weight is 449 g/mol. The van der Waals surface area contributed by atoms with Crippen molar-refractivity contribution in [2.75, 3.05) is 13.1 Å². The first-order valence-electron chi connectivity index (χ1n) is 11.8. The molecule has 3 heterocycles. The number of amides is 3. The SMILES string of the molecule is CC(C)NC(=O)[C@]1(Cc2ccccc2-c2cccnc2)CCCN(C(=O)[C@@H]2CCC(=O)N2)C1. The van der Waals surface area contributed by atoms with E-state index in [4.69, 9.17) is 0 Å². The lowest BCUT2D eigenvalue weighted by molar-refractivity contribution is -0.143. The molecule has 1 aromatic carbocycles. The lowest BCUT2D eigenvalue weighted by Gasteiger charge is -2.43. The molecule has 0 saturated carbocycles. The van der Waals surface area contributed by atoms with Crippen LogP contribution in [0.5, 0.6) is 0 Å². The molecule has 0 spiro atoms. The summed E-state index contributed by atoms with van der Waals surface area (Å²) in [4.78, 5) is 44.5. The van der Waals surface area contributed by atoms with Crippen molar-refractivity contribution in [2.24, 2.45) is 5.41 Å². The smallest absolute Gasteiger partial charge is 0.245 e. The third-order valence-corrected chi connectivity index (χ3v) is 6.60. The minimum absolute atomic E-state index is 0.00291. The van der Waals surface area contributed by atoms with Crippen molar-refractivity contribution < 1.29 is 14.4 Å². The number of aromatic nitrogens is 1. The van der Waals surface area contributed by atoms with Crippen LogP contribution in [0.25, 0.3) is 11.1 Å². The Morgan fingerprint density at radius 2 is 2.06 bits per heavy atom. The molecule has 2 saturated heterocycles. The van der Waals surface area contributed by atoms with Gasteiger partial charge < -0.3 is 15.5 Å². The zero-order valence-corrected chi connectivity index (χ0v) is 19.3. The Labute approximate surface area is 195 Å². The number of pyridine rings is 1. The summed E-state index contributed by atoms with van der Waals surface area (Å²) in [6.45, 7) is 4.86. The van der Waals surface area contributed by atoms with Crippen LogP contribution in [0.3, 0.4) is 0 Å². The van der Waals surface area contributed by atoms with E-state index in [1.165, 1.54) is 0 Å². The van der Waals surface area contributed by atoms with E-state index >= 15 is 0 Å². The van der Waals surface area contributed by atoms with Crippen LogP contribution < -0.4 is 10.6 Å². The minimum atomic E-state index is -0.737. The van der Waals surface area contributed by atoms with Gasteiger partial charge in [-0.2, -0.15) is 0 Å². The third-order valence-electron chi connectivity index (χ3n) is 6.60. The molecule has 2 atom stereocenters. The second kappa shape index (κ2) is 9.73. The second-order valence-electron chi connectivity index (χ2n) is 9.51. The highest BCUT2D eigenvalue weighted by Gasteiger charge is 2.45. The number of carbonyl (C=O) groups is 3. The molecule has 2 aliphatic heterocycles. The van der Waals surface area contributed by atoms with Gasteiger partial charge in [0.1, 0.15) is 6.04 Å². The molecule has 7 heteroatoms. The Bertz CT molecular complexity index is 1020. The van der Waals surface area contributed by atoms with Crippen LogP contribution in [0.2, 0.25) is 0 Å². The normalized spacial score (nSPS) is 22.8. The molecule has 4 rings (SSSR count). The van der Waals surface area contributed by atoms with Crippen molar-refractivity contribution in [3.8, 4) is 11.1 Å². The summed E-state index contributed by atoms with van der Waals surface area (Å²) < 4.78 is 0. The summed E-state index contributed by atoms with van der Waals surface area (Å²) in [5, 5.41) is 5.89. The summed E-state index contributed by atoms with van der Waals surface area (Å²) in [6, 6.07) is 11.5. The molecule has 3 amide bonds. The molecule has 174 valence electrons. The van der Waals surface area contributed by atoms with Crippen molar-refractivity contribution in [2.45, 2.75) is 58.0 Å². The number of rotatable bonds is 6. The first-order chi connectivity index (χ1) is 15.9. The first kappa shape index (κ1) is 23.0. The van der Waals surface area contributed by atoms with Crippen LogP contribution in [-0.4, -0.2) is 52.8 Å². The number of piperidine rings is 1. The molecule has 1 aromatic heterocycles. The Morgan fingerprint density at radius 3 is 2.76 bits per heavy atom. The van der Waals surface area contributed by atoms with Gasteiger partial charge in [0.15, 0.2) is 0 Å². The molecule has 2 aliphatic rings. The van der Waals surface area contributed by atoms with Gasteiger partial charge in [-0.15, -0.1) is 0 Å². The fraction of sp³-hybridized carbons (Fsp3) is 0.462. The van der Waals surface area contributed by atoms with Crippen molar-refractivity contribution in [3.05, 3.63) is 54.4 Å². The van der Waals surface area contributed by atoms with Gasteiger partial charge in [-0.05, 0) is 56.7 Å². The van der Waals surface area contributed by atoms with E-state index < -0.39 is 11.5 Å². The molecule has 2 aromatic rings. The molecular formula is C26H32N4O3. The van der Waals surface area contributed by atoms with Crippen LogP contribution in [0.1, 0.15) is 45.1 Å². The molecule has 2 N–H and O–H groups in total. The average Bonchev–Trinajstić information content (AvgIpc) is 3.25. The monoisotopic (exact) mass is 448 g/mol. The first-order valence-corrected chi connectivity index (χ1v) is 11.8. The van der Waals surface area contributed by atoms with Gasteiger partial charge in [0.05, 0.1) is 5.41 Å². The highest BCUT2D eigenvalue weighted by Crippen LogP contribution is 2.37. The van der Waals surface area contributed by atoms with Crippen LogP contribution in [0, 0.1) is 5.41 Å². The predicted octanol–water partition coefficient (Wildman–Crippen LogP) is 2.70. The molecule has 7 nitrogen and oxygen atoms in total. The number of nitrogens with zero attached hydrogens (tertiary/aromatic N) is 2. The standard InChI is InChI=1S/C26H32N4O3/c1-18(2)28-25(33)26(12-6-14-30(17-26)24(32)22-10-11-23(31)29-22)15-19-7-3-4-9-21(19)20-8-5-13-27-16-20/h3-5,7-9,13,16,18,22H,6,10-12,14-15,17H2,1-2H3,(H,28,33)(H,29,31)/t22-,26-/m0/s1. The Hall–Kier alpha value is -3.22. The largest absolute Gasteiger partial charge is 0.353 e. The molecule has 0 radical (unpaired) electrons. The molecule has 0 unspecified atom stereocenters. The van der Waals surface area contributed by atoms with E-state index in [1.807, 2.05) is 44.3 Å². The topological polar surface area (TPSA) is 91.4 Å². The maximum atomic E-state index is 13.6. The van der Waals surface area contributed by atoms with E-state index in [1.54, 1.807) is 11.1 Å². The molecule has 33 heavy (non-hydrogen) atoms. The highest BCUT2D eigenvalue weighted by molar-refractivity contribution is 5.92. The highest BCUT2D eigenvalue weighted by atomic mass is 16.2. The summed E-state index contributed by atoms with van der Waals surface area (Å²) in [7, 11) is 0. The minimum Gasteiger partial charge on any atom is -0.353 e. The fourth-order valence-corrected chi connectivity index (χ4v) is 5.01. The van der Waals surface area contributed by atoms with E-state index in [0.29, 0.717) is 38.8 Å². The number of carbonyl (C=O) groups excluding carboxylic acids is 3. The van der Waals surface area contributed by atoms with Gasteiger partial charge in [0.25, 0.3) is 0 Å². The second-order valence-corrected chi connectivity index (χ2v) is 9.51. The zero-order chi connectivity index (χ0) is 23.4. The number of benzene rings is 1. The lowest BCUT2D eigenvalue weighted by atomic mass is 9.73. The summed E-state index contributed by atoms with van der Waals surface area (Å²) in [6.07, 6.45) is 6.44. The number of hydrogen-bond acceptors (Lipinski definition) is 4. The fourth-order valence-electron chi connectivity index (χ4n) is 5.01. The van der Waals surface area contributed by atoms with E-state index in [2.05, 4.69) is 27.8 Å². The zero-order valence-electron chi connectivity index (χ0n) is 19.3. The number of hydrogen-bond donors (Lipinski definition) is 2. The Morgan fingerprint density at radius 1 is 1.24 bits per heavy atom. The van der Waals surface area contributed by atoms with Gasteiger partial charge in [-0.1, -0.05) is 30.3 Å². The van der Waals surface area contributed by atoms with Gasteiger partial charge in [-0.25, -0.2) is 0 Å². The van der Waals surface area contributed by atoms with Gasteiger partial charge in [0.2, 0.25) is 17.7 Å². The quantitative estimate of drug-likeness (QED) is 0.711. The maximum Gasteiger partial charge on any atom is 0.245 e. The Balaban J connectivity index is 1.65. The lowest BCUT2D eigenvalue weighted by Crippen LogP contribution is -2.57. The number of likely N-dealkylation sites (tertiary alicyclic amines) is 1. The summed E-state index contributed by atoms with van der Waals surface area (Å²) in [5.41, 5.74) is 2.38. The van der Waals surface area contributed by atoms with Crippen molar-refractivity contribution in [1.82, 2.24) is 20.5 Å². The molecule has 0 aliphatic carbocycles.